The summed E-state index contributed by atoms with van der Waals surface area (Å²) in [7, 11) is 1.63. The van der Waals surface area contributed by atoms with E-state index in [9.17, 15) is 4.79 Å². The van der Waals surface area contributed by atoms with Crippen LogP contribution in [0.1, 0.15) is 10.5 Å². The minimum absolute atomic E-state index is 0.527. The average molecular weight is 255 g/mol. The molecule has 0 saturated heterocycles. The van der Waals surface area contributed by atoms with Gasteiger partial charge in [-0.25, -0.2) is 9.97 Å². The van der Waals surface area contributed by atoms with Gasteiger partial charge < -0.3 is 9.30 Å². The molecule has 0 unspecified atom stereocenters. The first kappa shape index (κ1) is 11.8. The number of benzene rings is 1. The Morgan fingerprint density at radius 2 is 1.95 bits per heavy atom. The maximum absolute atomic E-state index is 11.1. The number of ether oxygens (including phenoxy) is 1. The molecule has 2 aromatic heterocycles. The smallest absolute Gasteiger partial charge is 0.166 e. The standard InChI is InChI=1S/C14H13N3O2/c1-19-7-6-17-10(9-18)8-13-14(17)16-12-5-3-2-4-11(12)15-13/h2-5,8-9H,6-7H2,1H3. The fourth-order valence-corrected chi connectivity index (χ4v) is 2.16. The molecule has 2 heterocycles. The monoisotopic (exact) mass is 255 g/mol. The van der Waals surface area contributed by atoms with Gasteiger partial charge in [-0.2, -0.15) is 0 Å². The maximum Gasteiger partial charge on any atom is 0.166 e. The zero-order valence-corrected chi connectivity index (χ0v) is 10.5. The third-order valence-electron chi connectivity index (χ3n) is 3.07. The van der Waals surface area contributed by atoms with E-state index in [-0.39, 0.29) is 0 Å². The van der Waals surface area contributed by atoms with Gasteiger partial charge in [-0.1, -0.05) is 12.1 Å². The molecule has 0 aliphatic heterocycles. The van der Waals surface area contributed by atoms with Crippen molar-refractivity contribution >= 4 is 28.5 Å². The van der Waals surface area contributed by atoms with Crippen molar-refractivity contribution in [2.24, 2.45) is 0 Å². The normalized spacial score (nSPS) is 11.2. The van der Waals surface area contributed by atoms with Crippen molar-refractivity contribution in [3.8, 4) is 0 Å². The Labute approximate surface area is 109 Å². The lowest BCUT2D eigenvalue weighted by molar-refractivity contribution is 0.111. The molecule has 0 aliphatic rings. The number of hydrogen-bond donors (Lipinski definition) is 0. The SMILES string of the molecule is COCCn1c(C=O)cc2nc3ccccc3nc21. The second kappa shape index (κ2) is 4.78. The van der Waals surface area contributed by atoms with E-state index in [1.807, 2.05) is 28.8 Å². The van der Waals surface area contributed by atoms with Gasteiger partial charge >= 0.3 is 0 Å². The molecule has 3 aromatic rings. The number of aldehydes is 1. The zero-order chi connectivity index (χ0) is 13.2. The van der Waals surface area contributed by atoms with Crippen LogP contribution in [0.25, 0.3) is 22.2 Å². The third kappa shape index (κ3) is 1.98. The quantitative estimate of drug-likeness (QED) is 0.669. The molecule has 0 saturated carbocycles. The van der Waals surface area contributed by atoms with E-state index in [4.69, 9.17) is 4.74 Å². The number of fused-ring (bicyclic) bond motifs is 2. The summed E-state index contributed by atoms with van der Waals surface area (Å²) < 4.78 is 6.90. The number of methoxy groups -OCH3 is 1. The Hall–Kier alpha value is -2.27. The Balaban J connectivity index is 2.26. The molecule has 0 N–H and O–H groups in total. The highest BCUT2D eigenvalue weighted by Crippen LogP contribution is 2.19. The lowest BCUT2D eigenvalue weighted by Gasteiger charge is -2.06. The van der Waals surface area contributed by atoms with Crippen molar-refractivity contribution < 1.29 is 9.53 Å². The molecule has 3 rings (SSSR count). The lowest BCUT2D eigenvalue weighted by atomic mass is 10.3. The van der Waals surface area contributed by atoms with Gasteiger partial charge in [0.05, 0.1) is 23.3 Å². The predicted octanol–water partition coefficient (Wildman–Crippen LogP) is 2.04. The summed E-state index contributed by atoms with van der Waals surface area (Å²) in [6, 6.07) is 9.43. The van der Waals surface area contributed by atoms with Crippen LogP contribution in [0.5, 0.6) is 0 Å². The molecule has 0 fully saturated rings. The summed E-state index contributed by atoms with van der Waals surface area (Å²) in [6.45, 7) is 1.11. The van der Waals surface area contributed by atoms with Crippen LogP contribution in [-0.4, -0.2) is 34.5 Å². The molecular weight excluding hydrogens is 242 g/mol. The Morgan fingerprint density at radius 1 is 1.21 bits per heavy atom. The summed E-state index contributed by atoms with van der Waals surface area (Å²) >= 11 is 0. The molecule has 0 spiro atoms. The van der Waals surface area contributed by atoms with E-state index >= 15 is 0 Å². The Morgan fingerprint density at radius 3 is 2.63 bits per heavy atom. The van der Waals surface area contributed by atoms with Crippen molar-refractivity contribution in [1.29, 1.82) is 0 Å². The second-order valence-electron chi connectivity index (χ2n) is 4.25. The molecule has 5 nitrogen and oxygen atoms in total. The molecule has 0 aliphatic carbocycles. The number of carbonyl (C=O) groups excluding carboxylic acids is 1. The minimum atomic E-state index is 0.527. The topological polar surface area (TPSA) is 57.0 Å². The predicted molar refractivity (Wildman–Crippen MR) is 72.3 cm³/mol. The van der Waals surface area contributed by atoms with Gasteiger partial charge in [0.25, 0.3) is 0 Å². The molecule has 0 bridgehead atoms. The highest BCUT2D eigenvalue weighted by molar-refractivity contribution is 5.89. The number of aromatic nitrogens is 3. The highest BCUT2D eigenvalue weighted by atomic mass is 16.5. The van der Waals surface area contributed by atoms with Gasteiger partial charge in [-0.15, -0.1) is 0 Å². The van der Waals surface area contributed by atoms with Crippen LogP contribution in [0.2, 0.25) is 0 Å². The number of para-hydroxylation sites is 2. The van der Waals surface area contributed by atoms with Crippen molar-refractivity contribution in [2.45, 2.75) is 6.54 Å². The minimum Gasteiger partial charge on any atom is -0.383 e. The van der Waals surface area contributed by atoms with Gasteiger partial charge in [0.1, 0.15) is 5.52 Å². The maximum atomic E-state index is 11.1. The van der Waals surface area contributed by atoms with E-state index in [1.54, 1.807) is 13.2 Å². The summed E-state index contributed by atoms with van der Waals surface area (Å²) in [5.74, 6) is 0. The first-order chi connectivity index (χ1) is 9.33. The van der Waals surface area contributed by atoms with E-state index in [1.165, 1.54) is 0 Å². The van der Waals surface area contributed by atoms with E-state index in [0.717, 1.165) is 28.5 Å². The summed E-state index contributed by atoms with van der Waals surface area (Å²) in [5, 5.41) is 0. The van der Waals surface area contributed by atoms with Crippen LogP contribution in [0.4, 0.5) is 0 Å². The fourth-order valence-electron chi connectivity index (χ4n) is 2.16. The van der Waals surface area contributed by atoms with Gasteiger partial charge in [-0.3, -0.25) is 4.79 Å². The van der Waals surface area contributed by atoms with Crippen molar-refractivity contribution in [3.05, 3.63) is 36.0 Å². The van der Waals surface area contributed by atoms with Crippen LogP contribution in [-0.2, 0) is 11.3 Å². The molecule has 0 atom stereocenters. The van der Waals surface area contributed by atoms with Crippen molar-refractivity contribution in [3.63, 3.8) is 0 Å². The largest absolute Gasteiger partial charge is 0.383 e. The highest BCUT2D eigenvalue weighted by Gasteiger charge is 2.11. The van der Waals surface area contributed by atoms with Crippen molar-refractivity contribution in [2.75, 3.05) is 13.7 Å². The molecule has 0 radical (unpaired) electrons. The van der Waals surface area contributed by atoms with Crippen LogP contribution >= 0.6 is 0 Å². The van der Waals surface area contributed by atoms with Crippen LogP contribution < -0.4 is 0 Å². The van der Waals surface area contributed by atoms with E-state index in [2.05, 4.69) is 9.97 Å². The molecule has 1 aromatic carbocycles. The molecule has 19 heavy (non-hydrogen) atoms. The van der Waals surface area contributed by atoms with Crippen LogP contribution in [0.15, 0.2) is 30.3 Å². The second-order valence-corrected chi connectivity index (χ2v) is 4.25. The number of nitrogens with zero attached hydrogens (tertiary/aromatic N) is 3. The van der Waals surface area contributed by atoms with Gasteiger partial charge in [0.2, 0.25) is 0 Å². The van der Waals surface area contributed by atoms with Crippen LogP contribution in [0, 0.1) is 0 Å². The Bertz CT molecular complexity index is 749. The molecule has 5 heteroatoms. The van der Waals surface area contributed by atoms with Crippen LogP contribution in [0.3, 0.4) is 0 Å². The number of hydrogen-bond acceptors (Lipinski definition) is 4. The summed E-state index contributed by atoms with van der Waals surface area (Å²) in [5.41, 5.74) is 3.68. The van der Waals surface area contributed by atoms with Gasteiger partial charge in [-0.05, 0) is 18.2 Å². The van der Waals surface area contributed by atoms with E-state index < -0.39 is 0 Å². The first-order valence-corrected chi connectivity index (χ1v) is 6.03. The molecule has 0 amide bonds. The van der Waals surface area contributed by atoms with Gasteiger partial charge in [0.15, 0.2) is 11.9 Å². The Kier molecular flexibility index (Phi) is 2.97. The number of rotatable bonds is 4. The van der Waals surface area contributed by atoms with E-state index in [0.29, 0.717) is 18.8 Å². The molecule has 96 valence electrons. The third-order valence-corrected chi connectivity index (χ3v) is 3.07. The zero-order valence-electron chi connectivity index (χ0n) is 10.5. The number of carbonyl (C=O) groups is 1. The first-order valence-electron chi connectivity index (χ1n) is 6.03. The molecular formula is C14H13N3O2. The average Bonchev–Trinajstić information content (AvgIpc) is 2.79. The summed E-state index contributed by atoms with van der Waals surface area (Å²) in [4.78, 5) is 20.3. The van der Waals surface area contributed by atoms with Gasteiger partial charge in [0, 0.05) is 13.7 Å². The summed E-state index contributed by atoms with van der Waals surface area (Å²) in [6.07, 6.45) is 0.823. The lowest BCUT2D eigenvalue weighted by Crippen LogP contribution is -2.08. The fraction of sp³-hybridized carbons (Fsp3) is 0.214. The van der Waals surface area contributed by atoms with Crippen molar-refractivity contribution in [1.82, 2.24) is 14.5 Å².